The van der Waals surface area contributed by atoms with Gasteiger partial charge in [-0.3, -0.25) is 0 Å². The molecule has 1 aliphatic heterocycles. The number of hydrazone groups is 1. The van der Waals surface area contributed by atoms with Gasteiger partial charge < -0.3 is 0 Å². The zero-order chi connectivity index (χ0) is 21.7. The monoisotopic (exact) mass is 475 g/mol. The summed E-state index contributed by atoms with van der Waals surface area (Å²) in [6, 6.07) is 23.5. The number of rotatable bonds is 3. The summed E-state index contributed by atoms with van der Waals surface area (Å²) in [4.78, 5) is 15.0. The molecular weight excluding hydrogens is 461 g/mol. The van der Waals surface area contributed by atoms with Crippen LogP contribution in [0.15, 0.2) is 77.9 Å². The number of hydrogen-bond donors (Lipinski definition) is 0. The number of aromatic nitrogens is 3. The highest BCUT2D eigenvalue weighted by molar-refractivity contribution is 7.21. The molecule has 0 fully saturated rings. The van der Waals surface area contributed by atoms with Crippen LogP contribution in [-0.4, -0.2) is 20.7 Å². The van der Waals surface area contributed by atoms with Crippen LogP contribution in [0.4, 0.5) is 5.13 Å². The van der Waals surface area contributed by atoms with Gasteiger partial charge in [0.1, 0.15) is 0 Å². The van der Waals surface area contributed by atoms with Crippen molar-refractivity contribution in [1.29, 1.82) is 0 Å². The summed E-state index contributed by atoms with van der Waals surface area (Å²) >= 11 is 14.4. The third-order valence-corrected chi connectivity index (χ3v) is 7.23. The van der Waals surface area contributed by atoms with E-state index in [4.69, 9.17) is 43.3 Å². The van der Waals surface area contributed by atoms with Gasteiger partial charge in [-0.1, -0.05) is 89.1 Å². The highest BCUT2D eigenvalue weighted by atomic mass is 35.5. The van der Waals surface area contributed by atoms with Crippen LogP contribution in [0.2, 0.25) is 10.0 Å². The second-order valence-corrected chi connectivity index (χ2v) is 9.20. The molecule has 5 aromatic rings. The Labute approximate surface area is 198 Å². The maximum Gasteiger partial charge on any atom is 0.210 e. The van der Waals surface area contributed by atoms with Gasteiger partial charge >= 0.3 is 0 Å². The van der Waals surface area contributed by atoms with Crippen LogP contribution in [0.3, 0.4) is 0 Å². The predicted molar refractivity (Wildman–Crippen MR) is 132 cm³/mol. The Hall–Kier alpha value is -3.06. The molecule has 156 valence electrons. The number of thiazole rings is 1. The molecule has 0 N–H and O–H groups in total. The van der Waals surface area contributed by atoms with Crippen molar-refractivity contribution in [2.45, 2.75) is 12.5 Å². The van der Waals surface area contributed by atoms with E-state index < -0.39 is 0 Å². The molecule has 0 saturated carbocycles. The van der Waals surface area contributed by atoms with Crippen LogP contribution < -0.4 is 5.01 Å². The molecule has 8 heteroatoms. The molecule has 1 aliphatic rings. The molecule has 0 aliphatic carbocycles. The van der Waals surface area contributed by atoms with Crippen LogP contribution in [0.1, 0.15) is 23.6 Å². The van der Waals surface area contributed by atoms with Crippen LogP contribution in [0, 0.1) is 0 Å². The standard InChI is InChI=1S/C24H15Cl2N5S/c25-16-10-6-9-15(21(16)26)20-13-19(14-7-2-1-3-8-14)30-31(20)24-29-22-23(32-24)28-18-12-5-4-11-17(18)27-22/h1-12,20H,13H2. The number of anilines is 1. The van der Waals surface area contributed by atoms with Crippen LogP contribution in [0.5, 0.6) is 0 Å². The van der Waals surface area contributed by atoms with E-state index in [1.165, 1.54) is 11.3 Å². The summed E-state index contributed by atoms with van der Waals surface area (Å²) in [7, 11) is 0. The fourth-order valence-corrected chi connectivity index (χ4v) is 5.25. The van der Waals surface area contributed by atoms with E-state index in [2.05, 4.69) is 12.1 Å². The van der Waals surface area contributed by atoms with Gasteiger partial charge in [-0.05, 0) is 29.3 Å². The normalized spacial score (nSPS) is 16.1. The maximum atomic E-state index is 6.62. The van der Waals surface area contributed by atoms with Crippen molar-refractivity contribution in [2.24, 2.45) is 5.10 Å². The van der Waals surface area contributed by atoms with Gasteiger partial charge in [0, 0.05) is 6.42 Å². The fourth-order valence-electron chi connectivity index (χ4n) is 3.93. The number of hydrogen-bond acceptors (Lipinski definition) is 6. The number of benzene rings is 3. The van der Waals surface area contributed by atoms with Gasteiger partial charge in [0.15, 0.2) is 10.5 Å². The van der Waals surface area contributed by atoms with Crippen LogP contribution in [0.25, 0.3) is 21.5 Å². The summed E-state index contributed by atoms with van der Waals surface area (Å²) in [6.07, 6.45) is 0.683. The lowest BCUT2D eigenvalue weighted by Crippen LogP contribution is -2.18. The molecule has 32 heavy (non-hydrogen) atoms. The Morgan fingerprint density at radius 1 is 0.812 bits per heavy atom. The third kappa shape index (κ3) is 3.32. The predicted octanol–water partition coefficient (Wildman–Crippen LogP) is 6.90. The molecular formula is C24H15Cl2N5S. The lowest BCUT2D eigenvalue weighted by Gasteiger charge is -2.22. The lowest BCUT2D eigenvalue weighted by molar-refractivity contribution is 0.707. The molecule has 1 unspecified atom stereocenters. The van der Waals surface area contributed by atoms with E-state index in [1.807, 2.05) is 59.6 Å². The van der Waals surface area contributed by atoms with Crippen molar-refractivity contribution in [3.05, 3.63) is 94.0 Å². The second kappa shape index (κ2) is 7.81. The molecule has 0 bridgehead atoms. The first-order valence-corrected chi connectivity index (χ1v) is 11.6. The molecule has 2 aromatic heterocycles. The number of halogens is 2. The van der Waals surface area contributed by atoms with E-state index in [1.54, 1.807) is 6.07 Å². The van der Waals surface area contributed by atoms with E-state index in [0.29, 0.717) is 22.1 Å². The van der Waals surface area contributed by atoms with Crippen molar-refractivity contribution in [1.82, 2.24) is 15.0 Å². The quantitative estimate of drug-likeness (QED) is 0.284. The average Bonchev–Trinajstić information content (AvgIpc) is 3.44. The molecule has 0 radical (unpaired) electrons. The summed E-state index contributed by atoms with van der Waals surface area (Å²) < 4.78 is 0. The molecule has 1 atom stereocenters. The third-order valence-electron chi connectivity index (χ3n) is 5.46. The topological polar surface area (TPSA) is 54.3 Å². The van der Waals surface area contributed by atoms with E-state index in [9.17, 15) is 0 Å². The molecule has 0 spiro atoms. The average molecular weight is 476 g/mol. The van der Waals surface area contributed by atoms with Gasteiger partial charge in [-0.25, -0.2) is 15.0 Å². The molecule has 0 saturated heterocycles. The molecule has 6 rings (SSSR count). The fraction of sp³-hybridized carbons (Fsp3) is 0.0833. The Morgan fingerprint density at radius 2 is 1.56 bits per heavy atom. The van der Waals surface area contributed by atoms with E-state index in [0.717, 1.165) is 37.8 Å². The first-order chi connectivity index (χ1) is 15.7. The number of fused-ring (bicyclic) bond motifs is 2. The van der Waals surface area contributed by atoms with Gasteiger partial charge in [0.05, 0.1) is 32.8 Å². The van der Waals surface area contributed by atoms with Gasteiger partial charge in [-0.2, -0.15) is 10.1 Å². The van der Waals surface area contributed by atoms with E-state index in [-0.39, 0.29) is 6.04 Å². The van der Waals surface area contributed by atoms with Crippen LogP contribution in [-0.2, 0) is 0 Å². The van der Waals surface area contributed by atoms with Crippen molar-refractivity contribution >= 4 is 66.9 Å². The molecule has 3 aromatic carbocycles. The Bertz CT molecular complexity index is 1450. The summed E-state index contributed by atoms with van der Waals surface area (Å²) in [6.45, 7) is 0. The van der Waals surface area contributed by atoms with Gasteiger partial charge in [-0.15, -0.1) is 0 Å². The minimum Gasteiger partial charge on any atom is -0.232 e. The van der Waals surface area contributed by atoms with Crippen molar-refractivity contribution in [3.63, 3.8) is 0 Å². The SMILES string of the molecule is Clc1cccc(C2CC(c3ccccc3)=NN2c2nc3nc4ccccc4nc3s2)c1Cl. The van der Waals surface area contributed by atoms with Gasteiger partial charge in [0.25, 0.3) is 0 Å². The molecule has 3 heterocycles. The second-order valence-electron chi connectivity index (χ2n) is 7.46. The summed E-state index contributed by atoms with van der Waals surface area (Å²) in [5, 5.41) is 8.68. The number of para-hydroxylation sites is 2. The zero-order valence-corrected chi connectivity index (χ0v) is 18.9. The van der Waals surface area contributed by atoms with E-state index >= 15 is 0 Å². The highest BCUT2D eigenvalue weighted by Crippen LogP contribution is 2.43. The minimum absolute atomic E-state index is 0.133. The minimum atomic E-state index is -0.133. The molecule has 0 amide bonds. The van der Waals surface area contributed by atoms with Crippen molar-refractivity contribution in [3.8, 4) is 0 Å². The highest BCUT2D eigenvalue weighted by Gasteiger charge is 2.33. The lowest BCUT2D eigenvalue weighted by atomic mass is 9.98. The van der Waals surface area contributed by atoms with Crippen LogP contribution >= 0.6 is 34.5 Å². The Kier molecular flexibility index (Phi) is 4.79. The first kappa shape index (κ1) is 19.6. The van der Waals surface area contributed by atoms with Gasteiger partial charge in [0.2, 0.25) is 5.13 Å². The summed E-state index contributed by atoms with van der Waals surface area (Å²) in [5.41, 5.74) is 5.24. The largest absolute Gasteiger partial charge is 0.232 e. The van der Waals surface area contributed by atoms with Crippen molar-refractivity contribution in [2.75, 3.05) is 5.01 Å². The smallest absolute Gasteiger partial charge is 0.210 e. The Morgan fingerprint density at radius 3 is 2.38 bits per heavy atom. The zero-order valence-electron chi connectivity index (χ0n) is 16.6. The Balaban J connectivity index is 1.50. The first-order valence-electron chi connectivity index (χ1n) is 10.1. The molecule has 5 nitrogen and oxygen atoms in total. The maximum absolute atomic E-state index is 6.62. The summed E-state index contributed by atoms with van der Waals surface area (Å²) in [5.74, 6) is 0. The van der Waals surface area contributed by atoms with Crippen molar-refractivity contribution < 1.29 is 0 Å². The number of nitrogens with zero attached hydrogens (tertiary/aromatic N) is 5.